The minimum Gasteiger partial charge on any atom is -0.479 e. The van der Waals surface area contributed by atoms with Gasteiger partial charge in [-0.15, -0.1) is 11.3 Å². The fourth-order valence-corrected chi connectivity index (χ4v) is 2.13. The van der Waals surface area contributed by atoms with Crippen LogP contribution in [-0.2, 0) is 13.2 Å². The van der Waals surface area contributed by atoms with Crippen molar-refractivity contribution >= 4 is 17.0 Å². The predicted molar refractivity (Wildman–Crippen MR) is 72.3 cm³/mol. The number of nitro benzene ring substituents is 1. The number of hydrogen-bond acceptors (Lipinski definition) is 6. The van der Waals surface area contributed by atoms with Gasteiger partial charge in [0.05, 0.1) is 4.92 Å². The van der Waals surface area contributed by atoms with Gasteiger partial charge in [0, 0.05) is 24.2 Å². The highest BCUT2D eigenvalue weighted by Crippen LogP contribution is 2.28. The Kier molecular flexibility index (Phi) is 4.43. The first-order valence-corrected chi connectivity index (χ1v) is 6.51. The zero-order chi connectivity index (χ0) is 13.7. The van der Waals surface area contributed by atoms with Crippen molar-refractivity contribution in [2.24, 2.45) is 0 Å². The minimum atomic E-state index is -0.434. The van der Waals surface area contributed by atoms with Crippen molar-refractivity contribution in [1.29, 1.82) is 0 Å². The summed E-state index contributed by atoms with van der Waals surface area (Å²) in [5.41, 5.74) is 0.820. The van der Waals surface area contributed by atoms with E-state index < -0.39 is 4.92 Å². The second kappa shape index (κ2) is 6.26. The van der Waals surface area contributed by atoms with E-state index in [1.807, 2.05) is 5.38 Å². The maximum Gasteiger partial charge on any atom is 0.311 e. The Hall–Kier alpha value is -1.99. The van der Waals surface area contributed by atoms with E-state index in [0.29, 0.717) is 6.54 Å². The predicted octanol–water partition coefficient (Wildman–Crippen LogP) is 2.35. The molecule has 0 aliphatic rings. The lowest BCUT2D eigenvalue weighted by atomic mass is 10.2. The first kappa shape index (κ1) is 13.4. The van der Waals surface area contributed by atoms with Crippen molar-refractivity contribution in [3.63, 3.8) is 0 Å². The van der Waals surface area contributed by atoms with Crippen molar-refractivity contribution < 1.29 is 9.66 Å². The standard InChI is InChI=1S/C12H13N3O3S/c1-13-7-9-2-3-11(10(6-9)15(16)17)18-8-12-14-4-5-19-12/h2-6,13H,7-8H2,1H3. The number of ether oxygens (including phenoxy) is 1. The Morgan fingerprint density at radius 3 is 3.00 bits per heavy atom. The quantitative estimate of drug-likeness (QED) is 0.648. The summed E-state index contributed by atoms with van der Waals surface area (Å²) in [6.45, 7) is 0.817. The van der Waals surface area contributed by atoms with Crippen molar-refractivity contribution in [2.75, 3.05) is 7.05 Å². The van der Waals surface area contributed by atoms with Gasteiger partial charge >= 0.3 is 5.69 Å². The zero-order valence-corrected chi connectivity index (χ0v) is 11.1. The monoisotopic (exact) mass is 279 g/mol. The molecule has 7 heteroatoms. The van der Waals surface area contributed by atoms with E-state index in [1.165, 1.54) is 17.4 Å². The molecular weight excluding hydrogens is 266 g/mol. The molecule has 0 saturated carbocycles. The third kappa shape index (κ3) is 3.49. The summed E-state index contributed by atoms with van der Waals surface area (Å²) in [6, 6.07) is 4.95. The molecular formula is C12H13N3O3S. The van der Waals surface area contributed by atoms with Crippen LogP contribution >= 0.6 is 11.3 Å². The normalized spacial score (nSPS) is 10.4. The SMILES string of the molecule is CNCc1ccc(OCc2nccs2)c([N+](=O)[O-])c1. The first-order valence-electron chi connectivity index (χ1n) is 5.64. The van der Waals surface area contributed by atoms with E-state index in [1.54, 1.807) is 25.4 Å². The molecule has 1 aromatic carbocycles. The average molecular weight is 279 g/mol. The van der Waals surface area contributed by atoms with Gasteiger partial charge in [-0.25, -0.2) is 4.98 Å². The lowest BCUT2D eigenvalue weighted by Crippen LogP contribution is -2.06. The van der Waals surface area contributed by atoms with Crippen LogP contribution in [0.15, 0.2) is 29.8 Å². The number of benzene rings is 1. The molecule has 6 nitrogen and oxygen atoms in total. The summed E-state index contributed by atoms with van der Waals surface area (Å²) >= 11 is 1.45. The summed E-state index contributed by atoms with van der Waals surface area (Å²) < 4.78 is 5.46. The van der Waals surface area contributed by atoms with Crippen molar-refractivity contribution in [3.05, 3.63) is 50.5 Å². The Morgan fingerprint density at radius 1 is 1.53 bits per heavy atom. The van der Waals surface area contributed by atoms with Crippen molar-refractivity contribution in [3.8, 4) is 5.75 Å². The molecule has 19 heavy (non-hydrogen) atoms. The number of hydrogen-bond donors (Lipinski definition) is 1. The molecule has 1 N–H and O–H groups in total. The fraction of sp³-hybridized carbons (Fsp3) is 0.250. The molecule has 0 aliphatic carbocycles. The van der Waals surface area contributed by atoms with E-state index >= 15 is 0 Å². The van der Waals surface area contributed by atoms with Gasteiger partial charge < -0.3 is 10.1 Å². The molecule has 2 aromatic rings. The fourth-order valence-electron chi connectivity index (χ4n) is 1.61. The lowest BCUT2D eigenvalue weighted by Gasteiger charge is -2.07. The maximum atomic E-state index is 11.0. The summed E-state index contributed by atoms with van der Waals surface area (Å²) in [5.74, 6) is 0.264. The molecule has 0 aliphatic heterocycles. The number of thiazole rings is 1. The molecule has 0 spiro atoms. The number of nitrogens with zero attached hydrogens (tertiary/aromatic N) is 2. The molecule has 0 amide bonds. The first-order chi connectivity index (χ1) is 9.20. The van der Waals surface area contributed by atoms with Crippen LogP contribution in [0.3, 0.4) is 0 Å². The third-order valence-electron chi connectivity index (χ3n) is 2.44. The Morgan fingerprint density at radius 2 is 2.37 bits per heavy atom. The number of nitrogens with one attached hydrogen (secondary N) is 1. The summed E-state index contributed by atoms with van der Waals surface area (Å²) in [5, 5.41) is 16.6. The molecule has 0 atom stereocenters. The molecule has 0 bridgehead atoms. The highest BCUT2D eigenvalue weighted by Gasteiger charge is 2.16. The summed E-state index contributed by atoms with van der Waals surface area (Å²) in [6.07, 6.45) is 1.67. The van der Waals surface area contributed by atoms with Crippen LogP contribution in [0.25, 0.3) is 0 Å². The van der Waals surface area contributed by atoms with E-state index in [4.69, 9.17) is 4.74 Å². The highest BCUT2D eigenvalue weighted by molar-refractivity contribution is 7.09. The summed E-state index contributed by atoms with van der Waals surface area (Å²) in [4.78, 5) is 14.7. The van der Waals surface area contributed by atoms with Gasteiger partial charge in [0.15, 0.2) is 5.75 Å². The topological polar surface area (TPSA) is 77.3 Å². The second-order valence-corrected chi connectivity index (χ2v) is 4.78. The lowest BCUT2D eigenvalue weighted by molar-refractivity contribution is -0.386. The number of aromatic nitrogens is 1. The average Bonchev–Trinajstić information content (AvgIpc) is 2.90. The summed E-state index contributed by atoms with van der Waals surface area (Å²) in [7, 11) is 1.79. The van der Waals surface area contributed by atoms with Crippen LogP contribution in [0.5, 0.6) is 5.75 Å². The van der Waals surface area contributed by atoms with Gasteiger partial charge in [0.1, 0.15) is 11.6 Å². The molecule has 2 rings (SSSR count). The Balaban J connectivity index is 2.16. The Bertz CT molecular complexity index is 557. The molecule has 0 unspecified atom stereocenters. The number of rotatable bonds is 6. The zero-order valence-electron chi connectivity index (χ0n) is 10.3. The third-order valence-corrected chi connectivity index (χ3v) is 3.19. The molecule has 1 heterocycles. The maximum absolute atomic E-state index is 11.0. The second-order valence-electron chi connectivity index (χ2n) is 3.80. The van der Waals surface area contributed by atoms with Crippen LogP contribution < -0.4 is 10.1 Å². The molecule has 0 saturated heterocycles. The van der Waals surface area contributed by atoms with Gasteiger partial charge in [-0.2, -0.15) is 0 Å². The van der Waals surface area contributed by atoms with E-state index in [9.17, 15) is 10.1 Å². The number of nitro groups is 1. The highest BCUT2D eigenvalue weighted by atomic mass is 32.1. The Labute approximate surface area is 114 Å². The molecule has 0 fully saturated rings. The largest absolute Gasteiger partial charge is 0.479 e. The van der Waals surface area contributed by atoms with E-state index in [-0.39, 0.29) is 18.0 Å². The van der Waals surface area contributed by atoms with Gasteiger partial charge in [-0.3, -0.25) is 10.1 Å². The van der Waals surface area contributed by atoms with E-state index in [0.717, 1.165) is 10.6 Å². The van der Waals surface area contributed by atoms with E-state index in [2.05, 4.69) is 10.3 Å². The van der Waals surface area contributed by atoms with Gasteiger partial charge in [-0.05, 0) is 18.7 Å². The van der Waals surface area contributed by atoms with Crippen LogP contribution in [-0.4, -0.2) is 17.0 Å². The van der Waals surface area contributed by atoms with Gasteiger partial charge in [0.2, 0.25) is 0 Å². The van der Waals surface area contributed by atoms with Crippen molar-refractivity contribution in [2.45, 2.75) is 13.2 Å². The minimum absolute atomic E-state index is 0.0238. The van der Waals surface area contributed by atoms with Crippen LogP contribution in [0.4, 0.5) is 5.69 Å². The van der Waals surface area contributed by atoms with Gasteiger partial charge in [0.25, 0.3) is 0 Å². The smallest absolute Gasteiger partial charge is 0.311 e. The van der Waals surface area contributed by atoms with Crippen LogP contribution in [0, 0.1) is 10.1 Å². The van der Waals surface area contributed by atoms with Crippen LogP contribution in [0.1, 0.15) is 10.6 Å². The molecule has 1 aromatic heterocycles. The van der Waals surface area contributed by atoms with Crippen molar-refractivity contribution in [1.82, 2.24) is 10.3 Å². The molecule has 0 radical (unpaired) electrons. The van der Waals surface area contributed by atoms with Gasteiger partial charge in [-0.1, -0.05) is 6.07 Å². The molecule has 100 valence electrons. The van der Waals surface area contributed by atoms with Crippen LogP contribution in [0.2, 0.25) is 0 Å².